The third-order valence-electron chi connectivity index (χ3n) is 13.6. The summed E-state index contributed by atoms with van der Waals surface area (Å²) in [6.07, 6.45) is 31.3. The van der Waals surface area contributed by atoms with Crippen LogP contribution in [0.3, 0.4) is 0 Å². The number of esters is 2. The summed E-state index contributed by atoms with van der Waals surface area (Å²) in [6, 6.07) is 16.9. The Labute approximate surface area is 367 Å². The van der Waals surface area contributed by atoms with Gasteiger partial charge in [-0.25, -0.2) is 9.59 Å². The van der Waals surface area contributed by atoms with Gasteiger partial charge in [0.25, 0.3) is 0 Å². The molecule has 60 heavy (non-hydrogen) atoms. The Hall–Kier alpha value is -2.70. The average molecular weight is 831 g/mol. The Kier molecular flexibility index (Phi) is 25.3. The number of hydrogen-bond acceptors (Lipinski definition) is 6. The molecule has 2 saturated carbocycles. The van der Waals surface area contributed by atoms with E-state index in [0.29, 0.717) is 12.8 Å². The van der Waals surface area contributed by atoms with Gasteiger partial charge in [-0.15, -0.1) is 0 Å². The summed E-state index contributed by atoms with van der Waals surface area (Å²) in [5, 5.41) is 0. The van der Waals surface area contributed by atoms with Crippen LogP contribution in [0.15, 0.2) is 48.5 Å². The van der Waals surface area contributed by atoms with Gasteiger partial charge in [0.15, 0.2) is 12.2 Å². The van der Waals surface area contributed by atoms with Gasteiger partial charge in [-0.05, 0) is 84.5 Å². The fourth-order valence-corrected chi connectivity index (χ4v) is 9.61. The number of rotatable bonds is 31. The molecule has 0 N–H and O–H groups in total. The SMILES string of the molecule is CCCCCC1CCC(CCCCc2ccc(CO[C@@H](C(=O)OCCC)[C@@H](OCc3ccc(CCCCC4CCC(CCCCC)CC4)cc3)C(=O)OCCC)cc2)CC1. The molecule has 2 aliphatic rings. The second-order valence-corrected chi connectivity index (χ2v) is 18.7. The summed E-state index contributed by atoms with van der Waals surface area (Å²) in [5.41, 5.74) is 4.50. The van der Waals surface area contributed by atoms with Gasteiger partial charge < -0.3 is 18.9 Å². The van der Waals surface area contributed by atoms with Crippen LogP contribution >= 0.6 is 0 Å². The highest BCUT2D eigenvalue weighted by Gasteiger charge is 2.38. The van der Waals surface area contributed by atoms with Crippen molar-refractivity contribution in [3.05, 3.63) is 70.8 Å². The predicted molar refractivity (Wildman–Crippen MR) is 247 cm³/mol. The smallest absolute Gasteiger partial charge is 0.338 e. The van der Waals surface area contributed by atoms with Crippen LogP contribution in [0, 0.1) is 23.7 Å². The molecule has 338 valence electrons. The Morgan fingerprint density at radius 3 is 1.03 bits per heavy atom. The molecule has 2 fully saturated rings. The normalized spacial score (nSPS) is 20.4. The van der Waals surface area contributed by atoms with Gasteiger partial charge in [-0.2, -0.15) is 0 Å². The zero-order valence-electron chi connectivity index (χ0n) is 38.7. The molecule has 2 aromatic rings. The van der Waals surface area contributed by atoms with E-state index in [2.05, 4.69) is 62.4 Å². The van der Waals surface area contributed by atoms with Crippen LogP contribution in [0.2, 0.25) is 0 Å². The first kappa shape index (κ1) is 50.0. The lowest BCUT2D eigenvalue weighted by atomic mass is 9.78. The number of carbonyl (C=O) groups is 2. The molecular formula is C54H86O6. The quantitative estimate of drug-likeness (QED) is 0.0557. The number of carbonyl (C=O) groups excluding carboxylic acids is 2. The molecule has 0 saturated heterocycles. The van der Waals surface area contributed by atoms with Crippen molar-refractivity contribution < 1.29 is 28.5 Å². The molecule has 2 aromatic carbocycles. The third-order valence-corrected chi connectivity index (χ3v) is 13.6. The van der Waals surface area contributed by atoms with Crippen LogP contribution < -0.4 is 0 Å². The van der Waals surface area contributed by atoms with Crippen LogP contribution in [0.25, 0.3) is 0 Å². The zero-order valence-corrected chi connectivity index (χ0v) is 38.7. The van der Waals surface area contributed by atoms with Gasteiger partial charge in [0.05, 0.1) is 26.4 Å². The minimum atomic E-state index is -1.25. The maximum absolute atomic E-state index is 13.4. The van der Waals surface area contributed by atoms with Gasteiger partial charge in [-0.3, -0.25) is 0 Å². The molecule has 6 nitrogen and oxygen atoms in total. The number of aryl methyl sites for hydroxylation is 2. The molecule has 6 heteroatoms. The standard InChI is InChI=1S/C54H86O6/c1-5-9-11-17-43-23-27-45(28-24-43)19-13-15-21-47-31-35-49(36-32-47)41-59-51(53(55)57-39-7-3)52(54(56)58-40-8-4)60-42-50-37-33-48(34-38-50)22-16-14-20-46-29-25-44(26-30-46)18-12-10-6-2/h31-38,43-46,51-52H,5-30,39-42H2,1-4H3/t43?,44?,45?,46?,51-,52-/m1/s1. The molecule has 0 aromatic heterocycles. The van der Waals surface area contributed by atoms with Gasteiger partial charge in [0, 0.05) is 0 Å². The second kappa shape index (κ2) is 30.4. The second-order valence-electron chi connectivity index (χ2n) is 18.7. The summed E-state index contributed by atoms with van der Waals surface area (Å²) in [4.78, 5) is 26.9. The Morgan fingerprint density at radius 2 is 0.733 bits per heavy atom. The van der Waals surface area contributed by atoms with E-state index in [1.807, 2.05) is 13.8 Å². The molecule has 2 atom stereocenters. The van der Waals surface area contributed by atoms with Crippen LogP contribution in [0.5, 0.6) is 0 Å². The fourth-order valence-electron chi connectivity index (χ4n) is 9.61. The van der Waals surface area contributed by atoms with Crippen LogP contribution in [0.1, 0.15) is 204 Å². The number of benzene rings is 2. The lowest BCUT2D eigenvalue weighted by molar-refractivity contribution is -0.186. The largest absolute Gasteiger partial charge is 0.464 e. The van der Waals surface area contributed by atoms with E-state index in [4.69, 9.17) is 18.9 Å². The minimum absolute atomic E-state index is 0.156. The van der Waals surface area contributed by atoms with E-state index in [9.17, 15) is 9.59 Å². The maximum Gasteiger partial charge on any atom is 0.338 e. The topological polar surface area (TPSA) is 71.1 Å². The van der Waals surface area contributed by atoms with Crippen molar-refractivity contribution >= 4 is 11.9 Å². The van der Waals surface area contributed by atoms with Crippen LogP contribution in [-0.2, 0) is 54.6 Å². The predicted octanol–water partition coefficient (Wildman–Crippen LogP) is 14.3. The highest BCUT2D eigenvalue weighted by molar-refractivity contribution is 5.85. The molecule has 0 radical (unpaired) electrons. The Balaban J connectivity index is 1.22. The lowest BCUT2D eigenvalue weighted by Crippen LogP contribution is -2.45. The summed E-state index contributed by atoms with van der Waals surface area (Å²) in [6.45, 7) is 9.28. The number of unbranched alkanes of at least 4 members (excludes halogenated alkanes) is 6. The Bertz CT molecular complexity index is 1280. The van der Waals surface area contributed by atoms with E-state index in [1.54, 1.807) is 0 Å². The molecule has 0 unspecified atom stereocenters. The first-order chi connectivity index (χ1) is 29.4. The van der Waals surface area contributed by atoms with Crippen LogP contribution in [-0.4, -0.2) is 37.4 Å². The van der Waals surface area contributed by atoms with E-state index < -0.39 is 24.1 Å². The summed E-state index contributed by atoms with van der Waals surface area (Å²) in [7, 11) is 0. The highest BCUT2D eigenvalue weighted by Crippen LogP contribution is 2.36. The first-order valence-electron chi connectivity index (χ1n) is 25.1. The molecule has 4 rings (SSSR count). The molecule has 0 bridgehead atoms. The zero-order chi connectivity index (χ0) is 42.6. The third kappa shape index (κ3) is 19.6. The maximum atomic E-state index is 13.4. The Morgan fingerprint density at radius 1 is 0.433 bits per heavy atom. The van der Waals surface area contributed by atoms with Gasteiger partial charge in [-0.1, -0.05) is 205 Å². The van der Waals surface area contributed by atoms with E-state index in [1.165, 1.54) is 152 Å². The van der Waals surface area contributed by atoms with Crippen molar-refractivity contribution in [1.82, 2.24) is 0 Å². The van der Waals surface area contributed by atoms with Crippen LogP contribution in [0.4, 0.5) is 0 Å². The number of hydrogen-bond donors (Lipinski definition) is 0. The molecular weight excluding hydrogens is 745 g/mol. The van der Waals surface area contributed by atoms with Gasteiger partial charge in [0.2, 0.25) is 0 Å². The minimum Gasteiger partial charge on any atom is -0.464 e. The molecule has 2 aliphatic carbocycles. The van der Waals surface area contributed by atoms with E-state index in [-0.39, 0.29) is 26.4 Å². The van der Waals surface area contributed by atoms with Crippen molar-refractivity contribution in [3.8, 4) is 0 Å². The first-order valence-corrected chi connectivity index (χ1v) is 25.1. The summed E-state index contributed by atoms with van der Waals surface area (Å²) < 4.78 is 23.5. The average Bonchev–Trinajstić information content (AvgIpc) is 3.28. The summed E-state index contributed by atoms with van der Waals surface area (Å²) >= 11 is 0. The number of ether oxygens (including phenoxy) is 4. The van der Waals surface area contributed by atoms with Gasteiger partial charge in [0.1, 0.15) is 0 Å². The molecule has 0 amide bonds. The van der Waals surface area contributed by atoms with Crippen molar-refractivity contribution in [3.63, 3.8) is 0 Å². The summed E-state index contributed by atoms with van der Waals surface area (Å²) in [5.74, 6) is 2.58. The van der Waals surface area contributed by atoms with Gasteiger partial charge >= 0.3 is 11.9 Å². The fraction of sp³-hybridized carbons (Fsp3) is 0.741. The van der Waals surface area contributed by atoms with Crippen molar-refractivity contribution in [2.75, 3.05) is 13.2 Å². The highest BCUT2D eigenvalue weighted by atomic mass is 16.6. The van der Waals surface area contributed by atoms with Crippen molar-refractivity contribution in [2.24, 2.45) is 23.7 Å². The van der Waals surface area contributed by atoms with E-state index in [0.717, 1.165) is 47.6 Å². The molecule has 0 heterocycles. The van der Waals surface area contributed by atoms with Crippen molar-refractivity contribution in [1.29, 1.82) is 0 Å². The van der Waals surface area contributed by atoms with E-state index >= 15 is 0 Å². The monoisotopic (exact) mass is 831 g/mol. The van der Waals surface area contributed by atoms with Crippen molar-refractivity contribution in [2.45, 2.75) is 220 Å². The molecule has 0 spiro atoms. The molecule has 0 aliphatic heterocycles. The lowest BCUT2D eigenvalue weighted by Gasteiger charge is -2.28.